The van der Waals surface area contributed by atoms with Gasteiger partial charge in [-0.15, -0.1) is 0 Å². The first-order chi connectivity index (χ1) is 26.3. The van der Waals surface area contributed by atoms with Crippen LogP contribution in [0.2, 0.25) is 0 Å². The second kappa shape index (κ2) is 11.7. The number of hydrogen-bond donors (Lipinski definition) is 0. The van der Waals surface area contributed by atoms with Crippen molar-refractivity contribution >= 4 is 82.5 Å². The monoisotopic (exact) mass is 677 g/mol. The van der Waals surface area contributed by atoms with Gasteiger partial charge in [-0.1, -0.05) is 121 Å². The Morgan fingerprint density at radius 1 is 0.453 bits per heavy atom. The van der Waals surface area contributed by atoms with Crippen molar-refractivity contribution in [2.45, 2.75) is 0 Å². The van der Waals surface area contributed by atoms with Gasteiger partial charge in [-0.2, -0.15) is 0 Å². The number of anilines is 3. The van der Waals surface area contributed by atoms with Crippen molar-refractivity contribution in [3.63, 3.8) is 0 Å². The molecule has 3 heterocycles. The molecule has 0 bridgehead atoms. The summed E-state index contributed by atoms with van der Waals surface area (Å²) in [6, 6.07) is 65.2. The zero-order valence-electron chi connectivity index (χ0n) is 28.6. The van der Waals surface area contributed by atoms with Gasteiger partial charge in [0.15, 0.2) is 5.58 Å². The molecule has 0 saturated heterocycles. The number of fused-ring (bicyclic) bond motifs is 9. The maximum Gasteiger partial charge on any atom is 0.227 e. The lowest BCUT2D eigenvalue weighted by molar-refractivity contribution is 0.654. The van der Waals surface area contributed by atoms with E-state index in [-0.39, 0.29) is 0 Å². The van der Waals surface area contributed by atoms with E-state index in [0.29, 0.717) is 5.71 Å². The molecule has 0 fully saturated rings. The fraction of sp³-hybridized carbons (Fsp3) is 0. The number of hydrogen-bond acceptors (Lipinski definition) is 3. The standard InChI is InChI=1S/C49H31N3O/c1-2-12-35-31-39(27-23-32(35)10-1)51(46-20-8-17-43-44-18-9-29-50-49(44)53-48(43)46)37-25-21-33(22-26-37)36-13-7-14-38(30-36)52-45-19-6-5-16-41(45)42-28-24-34-11-3-4-15-40(34)47(42)52/h1-31H. The number of rotatable bonds is 5. The average molecular weight is 678 g/mol. The Morgan fingerprint density at radius 3 is 2.08 bits per heavy atom. The van der Waals surface area contributed by atoms with Crippen LogP contribution in [0, 0.1) is 0 Å². The third-order valence-electron chi connectivity index (χ3n) is 10.6. The summed E-state index contributed by atoms with van der Waals surface area (Å²) in [5.74, 6) is 0. The van der Waals surface area contributed by atoms with Crippen LogP contribution in [-0.2, 0) is 0 Å². The lowest BCUT2D eigenvalue weighted by Crippen LogP contribution is -2.10. The van der Waals surface area contributed by atoms with Crippen LogP contribution in [0.25, 0.3) is 82.2 Å². The van der Waals surface area contributed by atoms with Crippen molar-refractivity contribution in [2.75, 3.05) is 4.90 Å². The van der Waals surface area contributed by atoms with E-state index >= 15 is 0 Å². The fourth-order valence-corrected chi connectivity index (χ4v) is 8.16. The molecular weight excluding hydrogens is 647 g/mol. The van der Waals surface area contributed by atoms with Crippen LogP contribution in [0.4, 0.5) is 17.1 Å². The van der Waals surface area contributed by atoms with Crippen molar-refractivity contribution in [3.8, 4) is 16.8 Å². The Bertz CT molecular complexity index is 3190. The third-order valence-corrected chi connectivity index (χ3v) is 10.6. The first kappa shape index (κ1) is 29.5. The molecule has 11 aromatic rings. The number of para-hydroxylation sites is 2. The lowest BCUT2D eigenvalue weighted by Gasteiger charge is -2.26. The predicted molar refractivity (Wildman–Crippen MR) is 221 cm³/mol. The largest absolute Gasteiger partial charge is 0.435 e. The molecule has 248 valence electrons. The van der Waals surface area contributed by atoms with Crippen LogP contribution in [0.15, 0.2) is 193 Å². The van der Waals surface area contributed by atoms with Gasteiger partial charge < -0.3 is 13.9 Å². The van der Waals surface area contributed by atoms with Crippen LogP contribution < -0.4 is 4.90 Å². The normalized spacial score (nSPS) is 11.8. The predicted octanol–water partition coefficient (Wildman–Crippen LogP) is 13.5. The molecule has 4 nitrogen and oxygen atoms in total. The second-order valence-electron chi connectivity index (χ2n) is 13.6. The van der Waals surface area contributed by atoms with Crippen LogP contribution in [0.3, 0.4) is 0 Å². The Kier molecular flexibility index (Phi) is 6.52. The fourth-order valence-electron chi connectivity index (χ4n) is 8.16. The lowest BCUT2D eigenvalue weighted by atomic mass is 10.0. The Hall–Kier alpha value is -7.17. The van der Waals surface area contributed by atoms with Crippen molar-refractivity contribution in [1.29, 1.82) is 0 Å². The quantitative estimate of drug-likeness (QED) is 0.182. The van der Waals surface area contributed by atoms with E-state index < -0.39 is 0 Å². The van der Waals surface area contributed by atoms with Crippen LogP contribution in [0.5, 0.6) is 0 Å². The first-order valence-electron chi connectivity index (χ1n) is 18.0. The van der Waals surface area contributed by atoms with Gasteiger partial charge in [0, 0.05) is 50.2 Å². The number of benzene rings is 8. The van der Waals surface area contributed by atoms with Crippen molar-refractivity contribution in [3.05, 3.63) is 188 Å². The Labute approximate surface area is 305 Å². The SMILES string of the molecule is c1cc(-c2ccc(N(c3ccc4ccccc4c3)c3cccc4c3oc3ncccc34)cc2)cc(-n2c3ccccc3c3ccc4ccccc4c32)c1. The topological polar surface area (TPSA) is 34.2 Å². The summed E-state index contributed by atoms with van der Waals surface area (Å²) in [6.07, 6.45) is 1.78. The van der Waals surface area contributed by atoms with Gasteiger partial charge in [-0.3, -0.25) is 0 Å². The van der Waals surface area contributed by atoms with E-state index in [2.05, 4.69) is 190 Å². The van der Waals surface area contributed by atoms with Gasteiger partial charge >= 0.3 is 0 Å². The van der Waals surface area contributed by atoms with Gasteiger partial charge in [0.05, 0.1) is 16.7 Å². The Morgan fingerprint density at radius 2 is 1.17 bits per heavy atom. The minimum absolute atomic E-state index is 0.639. The van der Waals surface area contributed by atoms with E-state index in [0.717, 1.165) is 50.2 Å². The molecule has 0 aliphatic heterocycles. The van der Waals surface area contributed by atoms with Crippen LogP contribution >= 0.6 is 0 Å². The van der Waals surface area contributed by atoms with Gasteiger partial charge in [-0.05, 0) is 87.9 Å². The van der Waals surface area contributed by atoms with Gasteiger partial charge in [0.1, 0.15) is 0 Å². The Balaban J connectivity index is 1.06. The smallest absolute Gasteiger partial charge is 0.227 e. The molecule has 0 atom stereocenters. The zero-order chi connectivity index (χ0) is 34.9. The summed E-state index contributed by atoms with van der Waals surface area (Å²) in [5.41, 5.74) is 10.4. The summed E-state index contributed by atoms with van der Waals surface area (Å²) >= 11 is 0. The molecule has 0 amide bonds. The third kappa shape index (κ3) is 4.66. The van der Waals surface area contributed by atoms with Gasteiger partial charge in [0.2, 0.25) is 5.71 Å². The highest BCUT2D eigenvalue weighted by Crippen LogP contribution is 2.43. The molecule has 0 radical (unpaired) electrons. The molecule has 53 heavy (non-hydrogen) atoms. The van der Waals surface area contributed by atoms with E-state index in [9.17, 15) is 0 Å². The molecular formula is C49H31N3O. The molecule has 0 saturated carbocycles. The van der Waals surface area contributed by atoms with Crippen molar-refractivity contribution in [2.24, 2.45) is 0 Å². The number of furan rings is 1. The van der Waals surface area contributed by atoms with Crippen molar-refractivity contribution < 1.29 is 4.42 Å². The van der Waals surface area contributed by atoms with E-state index in [1.807, 2.05) is 6.07 Å². The molecule has 0 aliphatic carbocycles. The number of pyridine rings is 1. The second-order valence-corrected chi connectivity index (χ2v) is 13.6. The maximum absolute atomic E-state index is 6.47. The molecule has 8 aromatic carbocycles. The minimum atomic E-state index is 0.639. The highest BCUT2D eigenvalue weighted by Gasteiger charge is 2.20. The summed E-state index contributed by atoms with van der Waals surface area (Å²) < 4.78 is 8.90. The highest BCUT2D eigenvalue weighted by atomic mass is 16.3. The summed E-state index contributed by atoms with van der Waals surface area (Å²) in [6.45, 7) is 0. The van der Waals surface area contributed by atoms with Gasteiger partial charge in [0.25, 0.3) is 0 Å². The minimum Gasteiger partial charge on any atom is -0.435 e. The highest BCUT2D eigenvalue weighted by molar-refractivity contribution is 6.18. The summed E-state index contributed by atoms with van der Waals surface area (Å²) in [4.78, 5) is 6.83. The van der Waals surface area contributed by atoms with E-state index in [1.54, 1.807) is 6.20 Å². The van der Waals surface area contributed by atoms with Gasteiger partial charge in [-0.25, -0.2) is 4.98 Å². The van der Waals surface area contributed by atoms with Crippen molar-refractivity contribution in [1.82, 2.24) is 9.55 Å². The first-order valence-corrected chi connectivity index (χ1v) is 18.0. The zero-order valence-corrected chi connectivity index (χ0v) is 28.6. The molecule has 4 heteroatoms. The molecule has 0 spiro atoms. The van der Waals surface area contributed by atoms with Crippen LogP contribution in [0.1, 0.15) is 0 Å². The molecule has 11 rings (SSSR count). The van der Waals surface area contributed by atoms with Crippen LogP contribution in [-0.4, -0.2) is 9.55 Å². The molecule has 3 aromatic heterocycles. The molecule has 0 unspecified atom stereocenters. The molecule has 0 aliphatic rings. The van der Waals surface area contributed by atoms with E-state index in [1.165, 1.54) is 43.4 Å². The molecule has 0 N–H and O–H groups in total. The summed E-state index contributed by atoms with van der Waals surface area (Å²) in [7, 11) is 0. The average Bonchev–Trinajstić information content (AvgIpc) is 3.78. The summed E-state index contributed by atoms with van der Waals surface area (Å²) in [5, 5.41) is 9.44. The number of nitrogens with zero attached hydrogens (tertiary/aromatic N) is 3. The maximum atomic E-state index is 6.47. The number of aromatic nitrogens is 2. The van der Waals surface area contributed by atoms with E-state index in [4.69, 9.17) is 4.42 Å².